The van der Waals surface area contributed by atoms with Crippen LogP contribution < -0.4 is 14.8 Å². The van der Waals surface area contributed by atoms with Gasteiger partial charge in [0.1, 0.15) is 0 Å². The highest BCUT2D eigenvalue weighted by Crippen LogP contribution is 2.28. The van der Waals surface area contributed by atoms with E-state index in [0.29, 0.717) is 26.1 Å². The van der Waals surface area contributed by atoms with Gasteiger partial charge in [-0.25, -0.2) is 0 Å². The molecule has 1 aromatic carbocycles. The van der Waals surface area contributed by atoms with Crippen LogP contribution in [0.2, 0.25) is 0 Å². The van der Waals surface area contributed by atoms with Crippen molar-refractivity contribution >= 4 is 5.91 Å². The summed E-state index contributed by atoms with van der Waals surface area (Å²) in [5, 5.41) is 3.03. The fourth-order valence-corrected chi connectivity index (χ4v) is 2.36. The van der Waals surface area contributed by atoms with Gasteiger partial charge in [-0.05, 0) is 51.3 Å². The summed E-state index contributed by atoms with van der Waals surface area (Å²) in [5.74, 6) is 1.61. The van der Waals surface area contributed by atoms with Crippen LogP contribution >= 0.6 is 0 Å². The maximum atomic E-state index is 11.9. The highest BCUT2D eigenvalue weighted by atomic mass is 16.5. The summed E-state index contributed by atoms with van der Waals surface area (Å²) < 4.78 is 11.2. The lowest BCUT2D eigenvalue weighted by molar-refractivity contribution is -0.121. The zero-order chi connectivity index (χ0) is 16.4. The Bertz CT molecular complexity index is 460. The number of hydrogen-bond acceptors (Lipinski definition) is 3. The molecule has 1 amide bonds. The summed E-state index contributed by atoms with van der Waals surface area (Å²) in [4.78, 5) is 11.9. The molecule has 0 aromatic heterocycles. The highest BCUT2D eigenvalue weighted by molar-refractivity contribution is 5.76. The number of benzene rings is 1. The fraction of sp³-hybridized carbons (Fsp3) is 0.611. The van der Waals surface area contributed by atoms with Gasteiger partial charge >= 0.3 is 0 Å². The van der Waals surface area contributed by atoms with Gasteiger partial charge in [-0.15, -0.1) is 0 Å². The average molecular weight is 307 g/mol. The number of aryl methyl sites for hydroxylation is 1. The lowest BCUT2D eigenvalue weighted by Gasteiger charge is -2.14. The SMILES string of the molecule is CCC[C@@H](C)NC(=O)CCc1ccc(OCC)c(OCC)c1. The maximum absolute atomic E-state index is 11.9. The largest absolute Gasteiger partial charge is 0.490 e. The molecule has 1 aromatic rings. The van der Waals surface area contributed by atoms with Crippen LogP contribution in [0.5, 0.6) is 11.5 Å². The zero-order valence-electron chi connectivity index (χ0n) is 14.3. The Morgan fingerprint density at radius 1 is 1.14 bits per heavy atom. The smallest absolute Gasteiger partial charge is 0.220 e. The summed E-state index contributed by atoms with van der Waals surface area (Å²) in [6, 6.07) is 6.13. The monoisotopic (exact) mass is 307 g/mol. The Kier molecular flexibility index (Phi) is 8.41. The first-order valence-electron chi connectivity index (χ1n) is 8.28. The molecule has 0 aliphatic rings. The van der Waals surface area contributed by atoms with E-state index in [1.165, 1.54) is 0 Å². The van der Waals surface area contributed by atoms with Gasteiger partial charge in [-0.1, -0.05) is 19.4 Å². The van der Waals surface area contributed by atoms with Gasteiger partial charge in [0.15, 0.2) is 11.5 Å². The van der Waals surface area contributed by atoms with E-state index in [0.717, 1.165) is 29.9 Å². The van der Waals surface area contributed by atoms with E-state index >= 15 is 0 Å². The van der Waals surface area contributed by atoms with Crippen molar-refractivity contribution in [1.29, 1.82) is 0 Å². The minimum atomic E-state index is 0.104. The van der Waals surface area contributed by atoms with Crippen LogP contribution in [0.4, 0.5) is 0 Å². The second-order valence-electron chi connectivity index (χ2n) is 5.40. The van der Waals surface area contributed by atoms with Gasteiger partial charge in [0, 0.05) is 12.5 Å². The maximum Gasteiger partial charge on any atom is 0.220 e. The fourth-order valence-electron chi connectivity index (χ4n) is 2.36. The van der Waals surface area contributed by atoms with Crippen molar-refractivity contribution in [3.63, 3.8) is 0 Å². The summed E-state index contributed by atoms with van der Waals surface area (Å²) in [5.41, 5.74) is 1.09. The number of nitrogens with one attached hydrogen (secondary N) is 1. The first kappa shape index (κ1) is 18.3. The van der Waals surface area contributed by atoms with Crippen LogP contribution in [0.15, 0.2) is 18.2 Å². The van der Waals surface area contributed by atoms with E-state index in [-0.39, 0.29) is 11.9 Å². The molecule has 0 heterocycles. The molecule has 0 aliphatic heterocycles. The van der Waals surface area contributed by atoms with Crippen LogP contribution in [0.3, 0.4) is 0 Å². The minimum absolute atomic E-state index is 0.104. The van der Waals surface area contributed by atoms with Gasteiger partial charge in [0.05, 0.1) is 13.2 Å². The molecular formula is C18H29NO3. The van der Waals surface area contributed by atoms with Gasteiger partial charge < -0.3 is 14.8 Å². The Morgan fingerprint density at radius 2 is 1.82 bits per heavy atom. The number of carbonyl (C=O) groups is 1. The Morgan fingerprint density at radius 3 is 2.45 bits per heavy atom. The third-order valence-electron chi connectivity index (χ3n) is 3.38. The molecule has 0 saturated heterocycles. The van der Waals surface area contributed by atoms with E-state index in [2.05, 4.69) is 12.2 Å². The molecule has 1 atom stereocenters. The number of ether oxygens (including phenoxy) is 2. The van der Waals surface area contributed by atoms with Gasteiger partial charge in [-0.2, -0.15) is 0 Å². The molecule has 4 nitrogen and oxygen atoms in total. The van der Waals surface area contributed by atoms with Crippen LogP contribution in [0.25, 0.3) is 0 Å². The van der Waals surface area contributed by atoms with E-state index < -0.39 is 0 Å². The summed E-state index contributed by atoms with van der Waals surface area (Å²) in [6.07, 6.45) is 3.30. The third-order valence-corrected chi connectivity index (χ3v) is 3.38. The van der Waals surface area contributed by atoms with Crippen molar-refractivity contribution in [1.82, 2.24) is 5.32 Å². The first-order valence-corrected chi connectivity index (χ1v) is 8.28. The normalized spacial score (nSPS) is 11.8. The van der Waals surface area contributed by atoms with Crippen molar-refractivity contribution < 1.29 is 14.3 Å². The Hall–Kier alpha value is -1.71. The second kappa shape index (κ2) is 10.1. The summed E-state index contributed by atoms with van der Waals surface area (Å²) in [6.45, 7) is 9.27. The van der Waals surface area contributed by atoms with Crippen molar-refractivity contribution in [2.45, 2.75) is 59.4 Å². The topological polar surface area (TPSA) is 47.6 Å². The first-order chi connectivity index (χ1) is 10.6. The molecule has 0 spiro atoms. The lowest BCUT2D eigenvalue weighted by atomic mass is 10.1. The van der Waals surface area contributed by atoms with Crippen LogP contribution in [-0.4, -0.2) is 25.2 Å². The van der Waals surface area contributed by atoms with Crippen molar-refractivity contribution in [3.8, 4) is 11.5 Å². The molecule has 0 saturated carbocycles. The molecule has 1 N–H and O–H groups in total. The van der Waals surface area contributed by atoms with Crippen molar-refractivity contribution in [3.05, 3.63) is 23.8 Å². The van der Waals surface area contributed by atoms with Crippen LogP contribution in [0.1, 0.15) is 52.5 Å². The number of hydrogen-bond donors (Lipinski definition) is 1. The van der Waals surface area contributed by atoms with Crippen molar-refractivity contribution in [2.24, 2.45) is 0 Å². The zero-order valence-corrected chi connectivity index (χ0v) is 14.3. The number of amides is 1. The third kappa shape index (κ3) is 6.37. The standard InChI is InChI=1S/C18H29NO3/c1-5-8-14(4)19-18(20)12-10-15-9-11-16(21-6-2)17(13-15)22-7-3/h9,11,13-14H,5-8,10,12H2,1-4H3,(H,19,20)/t14-/m1/s1. The van der Waals surface area contributed by atoms with Gasteiger partial charge in [0.25, 0.3) is 0 Å². The molecule has 0 fully saturated rings. The molecule has 1 rings (SSSR count). The number of rotatable bonds is 10. The second-order valence-corrected chi connectivity index (χ2v) is 5.40. The molecule has 0 bridgehead atoms. The molecule has 4 heteroatoms. The molecule has 124 valence electrons. The molecule has 0 radical (unpaired) electrons. The van der Waals surface area contributed by atoms with E-state index in [1.54, 1.807) is 0 Å². The number of carbonyl (C=O) groups excluding carboxylic acids is 1. The van der Waals surface area contributed by atoms with Crippen LogP contribution in [0, 0.1) is 0 Å². The minimum Gasteiger partial charge on any atom is -0.490 e. The summed E-state index contributed by atoms with van der Waals surface area (Å²) in [7, 11) is 0. The molecule has 0 unspecified atom stereocenters. The molecular weight excluding hydrogens is 278 g/mol. The summed E-state index contributed by atoms with van der Waals surface area (Å²) >= 11 is 0. The van der Waals surface area contributed by atoms with E-state index in [9.17, 15) is 4.79 Å². The van der Waals surface area contributed by atoms with Crippen molar-refractivity contribution in [2.75, 3.05) is 13.2 Å². The Balaban J connectivity index is 2.58. The lowest BCUT2D eigenvalue weighted by Crippen LogP contribution is -2.32. The van der Waals surface area contributed by atoms with E-state index in [1.807, 2.05) is 39.0 Å². The average Bonchev–Trinajstić information content (AvgIpc) is 2.48. The highest BCUT2D eigenvalue weighted by Gasteiger charge is 2.09. The predicted octanol–water partition coefficient (Wildman–Crippen LogP) is 3.72. The Labute approximate surface area is 134 Å². The molecule has 0 aliphatic carbocycles. The van der Waals surface area contributed by atoms with Crippen LogP contribution in [-0.2, 0) is 11.2 Å². The molecule has 22 heavy (non-hydrogen) atoms. The quantitative estimate of drug-likeness (QED) is 0.716. The van der Waals surface area contributed by atoms with E-state index in [4.69, 9.17) is 9.47 Å². The van der Waals surface area contributed by atoms with Gasteiger partial charge in [0.2, 0.25) is 5.91 Å². The van der Waals surface area contributed by atoms with Gasteiger partial charge in [-0.3, -0.25) is 4.79 Å². The predicted molar refractivity (Wildman–Crippen MR) is 89.6 cm³/mol.